The smallest absolute Gasteiger partial charge is 0.306 e. The van der Waals surface area contributed by atoms with E-state index in [-0.39, 0.29) is 12.1 Å². The summed E-state index contributed by atoms with van der Waals surface area (Å²) >= 11 is 0. The number of unbranched alkanes of at least 4 members (excludes halogenated alkanes) is 9. The second kappa shape index (κ2) is 16.3. The van der Waals surface area contributed by atoms with Crippen molar-refractivity contribution in [3.63, 3.8) is 0 Å². The first-order chi connectivity index (χ1) is 11.1. The van der Waals surface area contributed by atoms with Crippen LogP contribution in [-0.4, -0.2) is 12.1 Å². The number of ether oxygens (including phenoxy) is 1. The van der Waals surface area contributed by atoms with Gasteiger partial charge in [-0.1, -0.05) is 90.9 Å². The third-order valence-corrected chi connectivity index (χ3v) is 4.50. The second-order valence-corrected chi connectivity index (χ2v) is 7.51. The average Bonchev–Trinajstić information content (AvgIpc) is 2.49. The van der Waals surface area contributed by atoms with Gasteiger partial charge in [-0.05, 0) is 26.2 Å². The Hall–Kier alpha value is -0.530. The Morgan fingerprint density at radius 3 is 1.74 bits per heavy atom. The molecule has 2 heteroatoms. The van der Waals surface area contributed by atoms with Gasteiger partial charge in [0.05, 0.1) is 6.10 Å². The summed E-state index contributed by atoms with van der Waals surface area (Å²) in [6, 6.07) is 0. The molecular weight excluding hydrogens is 284 g/mol. The lowest BCUT2D eigenvalue weighted by atomic mass is 9.96. The molecule has 1 atom stereocenters. The summed E-state index contributed by atoms with van der Waals surface area (Å²) < 4.78 is 5.14. The highest BCUT2D eigenvalue weighted by molar-refractivity contribution is 5.69. The molecule has 1 unspecified atom stereocenters. The molecule has 0 bridgehead atoms. The molecule has 0 radical (unpaired) electrons. The van der Waals surface area contributed by atoms with Crippen molar-refractivity contribution in [1.82, 2.24) is 0 Å². The highest BCUT2D eigenvalue weighted by Crippen LogP contribution is 2.18. The highest BCUT2D eigenvalue weighted by atomic mass is 16.5. The van der Waals surface area contributed by atoms with Gasteiger partial charge in [0, 0.05) is 6.42 Å². The van der Waals surface area contributed by atoms with Crippen LogP contribution >= 0.6 is 0 Å². The van der Waals surface area contributed by atoms with E-state index in [2.05, 4.69) is 13.8 Å². The number of hydrogen-bond donors (Lipinski definition) is 0. The van der Waals surface area contributed by atoms with E-state index in [4.69, 9.17) is 4.74 Å². The Balaban J connectivity index is 3.26. The molecule has 0 spiro atoms. The zero-order chi connectivity index (χ0) is 17.3. The summed E-state index contributed by atoms with van der Waals surface area (Å²) in [6.45, 7) is 8.50. The zero-order valence-corrected chi connectivity index (χ0v) is 16.4. The van der Waals surface area contributed by atoms with Crippen molar-refractivity contribution < 1.29 is 9.53 Å². The molecule has 0 saturated heterocycles. The first-order valence-corrected chi connectivity index (χ1v) is 10.3. The number of esters is 1. The van der Waals surface area contributed by atoms with Gasteiger partial charge in [0.25, 0.3) is 0 Å². The van der Waals surface area contributed by atoms with Crippen LogP contribution < -0.4 is 0 Å². The van der Waals surface area contributed by atoms with Crippen LogP contribution in [0.4, 0.5) is 0 Å². The summed E-state index contributed by atoms with van der Waals surface area (Å²) in [5.41, 5.74) is 0. The minimum Gasteiger partial charge on any atom is -0.463 e. The standard InChI is InChI=1S/C21H42O2/c1-5-6-7-8-10-13-16-20(4)17-14-11-9-12-15-18-21(22)23-19(2)3/h19-20H,5-18H2,1-4H3. The van der Waals surface area contributed by atoms with E-state index < -0.39 is 0 Å². The molecular formula is C21H42O2. The van der Waals surface area contributed by atoms with Crippen molar-refractivity contribution in [3.05, 3.63) is 0 Å². The van der Waals surface area contributed by atoms with E-state index >= 15 is 0 Å². The lowest BCUT2D eigenvalue weighted by Crippen LogP contribution is -2.10. The van der Waals surface area contributed by atoms with E-state index in [0.717, 1.165) is 12.3 Å². The van der Waals surface area contributed by atoms with Crippen LogP contribution in [0.5, 0.6) is 0 Å². The number of rotatable bonds is 16. The third-order valence-electron chi connectivity index (χ3n) is 4.50. The second-order valence-electron chi connectivity index (χ2n) is 7.51. The van der Waals surface area contributed by atoms with Gasteiger partial charge in [-0.25, -0.2) is 0 Å². The van der Waals surface area contributed by atoms with Crippen molar-refractivity contribution in [2.45, 2.75) is 124 Å². The van der Waals surface area contributed by atoms with E-state index in [1.165, 1.54) is 77.0 Å². The molecule has 0 amide bonds. The molecule has 0 heterocycles. The van der Waals surface area contributed by atoms with E-state index in [0.29, 0.717) is 6.42 Å². The maximum Gasteiger partial charge on any atom is 0.306 e. The Morgan fingerprint density at radius 1 is 0.739 bits per heavy atom. The number of carbonyl (C=O) groups is 1. The molecule has 0 N–H and O–H groups in total. The lowest BCUT2D eigenvalue weighted by Gasteiger charge is -2.11. The normalized spacial score (nSPS) is 12.6. The van der Waals surface area contributed by atoms with Crippen molar-refractivity contribution in [1.29, 1.82) is 0 Å². The Morgan fingerprint density at radius 2 is 1.22 bits per heavy atom. The molecule has 0 fully saturated rings. The number of carbonyl (C=O) groups excluding carboxylic acids is 1. The molecule has 23 heavy (non-hydrogen) atoms. The van der Waals surface area contributed by atoms with Gasteiger partial charge in [0.1, 0.15) is 0 Å². The quantitative estimate of drug-likeness (QED) is 0.224. The summed E-state index contributed by atoms with van der Waals surface area (Å²) in [4.78, 5) is 11.4. The SMILES string of the molecule is CCCCCCCCC(C)CCCCCCCC(=O)OC(C)C. The van der Waals surface area contributed by atoms with Crippen LogP contribution in [0.3, 0.4) is 0 Å². The zero-order valence-electron chi connectivity index (χ0n) is 16.4. The van der Waals surface area contributed by atoms with Crippen LogP contribution in [0.1, 0.15) is 118 Å². The molecule has 0 aliphatic carbocycles. The van der Waals surface area contributed by atoms with E-state index in [1.807, 2.05) is 13.8 Å². The first kappa shape index (κ1) is 22.5. The Labute approximate surface area is 145 Å². The van der Waals surface area contributed by atoms with Crippen molar-refractivity contribution in [2.24, 2.45) is 5.92 Å². The minimum absolute atomic E-state index is 0.0237. The van der Waals surface area contributed by atoms with Gasteiger partial charge in [0.2, 0.25) is 0 Å². The predicted octanol–water partition coefficient (Wildman–Crippen LogP) is 7.06. The molecule has 2 nitrogen and oxygen atoms in total. The van der Waals surface area contributed by atoms with Gasteiger partial charge < -0.3 is 4.74 Å². The fourth-order valence-electron chi connectivity index (χ4n) is 3.03. The molecule has 138 valence electrons. The molecule has 0 saturated carbocycles. The molecule has 0 aliphatic heterocycles. The van der Waals surface area contributed by atoms with Gasteiger partial charge in [-0.2, -0.15) is 0 Å². The van der Waals surface area contributed by atoms with Crippen LogP contribution in [-0.2, 0) is 9.53 Å². The van der Waals surface area contributed by atoms with Crippen LogP contribution in [0.25, 0.3) is 0 Å². The number of hydrogen-bond acceptors (Lipinski definition) is 2. The van der Waals surface area contributed by atoms with Gasteiger partial charge in [-0.15, -0.1) is 0 Å². The van der Waals surface area contributed by atoms with Crippen LogP contribution in [0.2, 0.25) is 0 Å². The summed E-state index contributed by atoms with van der Waals surface area (Å²) in [5, 5.41) is 0. The fraction of sp³-hybridized carbons (Fsp3) is 0.952. The summed E-state index contributed by atoms with van der Waals surface area (Å²) in [6.07, 6.45) is 17.9. The van der Waals surface area contributed by atoms with Gasteiger partial charge >= 0.3 is 5.97 Å². The molecule has 0 aromatic rings. The predicted molar refractivity (Wildman–Crippen MR) is 101 cm³/mol. The fourth-order valence-corrected chi connectivity index (χ4v) is 3.03. The monoisotopic (exact) mass is 326 g/mol. The maximum atomic E-state index is 11.4. The Kier molecular flexibility index (Phi) is 16.0. The van der Waals surface area contributed by atoms with Gasteiger partial charge in [-0.3, -0.25) is 4.79 Å². The van der Waals surface area contributed by atoms with Crippen molar-refractivity contribution in [2.75, 3.05) is 0 Å². The largest absolute Gasteiger partial charge is 0.463 e. The third kappa shape index (κ3) is 17.7. The lowest BCUT2D eigenvalue weighted by molar-refractivity contribution is -0.147. The molecule has 0 rings (SSSR count). The summed E-state index contributed by atoms with van der Waals surface area (Å²) in [7, 11) is 0. The van der Waals surface area contributed by atoms with Crippen LogP contribution in [0, 0.1) is 5.92 Å². The van der Waals surface area contributed by atoms with Gasteiger partial charge in [0.15, 0.2) is 0 Å². The average molecular weight is 327 g/mol. The Bertz CT molecular complexity index is 261. The maximum absolute atomic E-state index is 11.4. The summed E-state index contributed by atoms with van der Waals surface area (Å²) in [5.74, 6) is 0.856. The molecule has 0 aromatic heterocycles. The topological polar surface area (TPSA) is 26.3 Å². The molecule has 0 aromatic carbocycles. The first-order valence-electron chi connectivity index (χ1n) is 10.3. The van der Waals surface area contributed by atoms with E-state index in [9.17, 15) is 4.79 Å². The van der Waals surface area contributed by atoms with E-state index in [1.54, 1.807) is 0 Å². The van der Waals surface area contributed by atoms with Crippen molar-refractivity contribution >= 4 is 5.97 Å². The van der Waals surface area contributed by atoms with Crippen molar-refractivity contribution in [3.8, 4) is 0 Å². The molecule has 0 aliphatic rings. The minimum atomic E-state index is -0.0347. The van der Waals surface area contributed by atoms with Crippen LogP contribution in [0.15, 0.2) is 0 Å². The highest BCUT2D eigenvalue weighted by Gasteiger charge is 2.05.